The summed E-state index contributed by atoms with van der Waals surface area (Å²) in [6.07, 6.45) is 2.07. The Morgan fingerprint density at radius 1 is 1.33 bits per heavy atom. The molecule has 0 atom stereocenters. The molecule has 0 aromatic carbocycles. The van der Waals surface area contributed by atoms with Crippen LogP contribution in [0, 0.1) is 9.81 Å². The highest BCUT2D eigenvalue weighted by molar-refractivity contribution is 4.74. The van der Waals surface area contributed by atoms with E-state index in [9.17, 15) is 9.81 Å². The van der Waals surface area contributed by atoms with Crippen molar-refractivity contribution in [2.24, 2.45) is 16.3 Å². The SMILES string of the molecule is CCCCC(N)(NN=O)NN=O. The summed E-state index contributed by atoms with van der Waals surface area (Å²) in [6, 6.07) is 0. The maximum Gasteiger partial charge on any atom is 0.197 e. The quantitative estimate of drug-likeness (QED) is 0.293. The van der Waals surface area contributed by atoms with Crippen molar-refractivity contribution >= 4 is 0 Å². The summed E-state index contributed by atoms with van der Waals surface area (Å²) in [6.45, 7) is 1.96. The van der Waals surface area contributed by atoms with Crippen molar-refractivity contribution in [3.63, 3.8) is 0 Å². The number of nitrogens with one attached hydrogen (secondary N) is 2. The second-order valence-electron chi connectivity index (χ2n) is 2.48. The average Bonchev–Trinajstić information content (AvgIpc) is 2.02. The Morgan fingerprint density at radius 3 is 2.17 bits per heavy atom. The van der Waals surface area contributed by atoms with E-state index in [1.165, 1.54) is 0 Å². The number of rotatable bonds is 7. The molecule has 0 aromatic rings. The van der Waals surface area contributed by atoms with E-state index >= 15 is 0 Å². The third kappa shape index (κ3) is 3.81. The van der Waals surface area contributed by atoms with E-state index in [-0.39, 0.29) is 0 Å². The Balaban J connectivity index is 3.96. The summed E-state index contributed by atoms with van der Waals surface area (Å²) < 4.78 is 0. The molecular weight excluding hydrogens is 162 g/mol. The van der Waals surface area contributed by atoms with Gasteiger partial charge in [0.25, 0.3) is 0 Å². The zero-order chi connectivity index (χ0) is 9.45. The van der Waals surface area contributed by atoms with Gasteiger partial charge in [0.1, 0.15) is 0 Å². The number of unbranched alkanes of at least 4 members (excludes halogenated alkanes) is 1. The molecule has 12 heavy (non-hydrogen) atoms. The molecule has 7 heteroatoms. The van der Waals surface area contributed by atoms with Crippen molar-refractivity contribution < 1.29 is 0 Å². The van der Waals surface area contributed by atoms with Crippen molar-refractivity contribution in [1.82, 2.24) is 10.9 Å². The van der Waals surface area contributed by atoms with Gasteiger partial charge in [-0.15, -0.1) is 9.81 Å². The van der Waals surface area contributed by atoms with Crippen molar-refractivity contribution in [2.45, 2.75) is 32.0 Å². The van der Waals surface area contributed by atoms with Crippen LogP contribution < -0.4 is 16.6 Å². The maximum atomic E-state index is 9.83. The molecule has 0 rings (SSSR count). The summed E-state index contributed by atoms with van der Waals surface area (Å²) in [5.41, 5.74) is 9.57. The molecule has 0 bridgehead atoms. The molecule has 0 aromatic heterocycles. The molecule has 0 unspecified atom stereocenters. The van der Waals surface area contributed by atoms with Crippen molar-refractivity contribution in [3.8, 4) is 0 Å². The highest BCUT2D eigenvalue weighted by atomic mass is 16.3. The number of nitrogens with zero attached hydrogens (tertiary/aromatic N) is 2. The topological polar surface area (TPSA) is 109 Å². The second-order valence-corrected chi connectivity index (χ2v) is 2.48. The van der Waals surface area contributed by atoms with E-state index in [1.54, 1.807) is 0 Å². The first-order chi connectivity index (χ1) is 5.68. The van der Waals surface area contributed by atoms with E-state index in [0.717, 1.165) is 12.8 Å². The first-order valence-corrected chi connectivity index (χ1v) is 3.66. The minimum atomic E-state index is -1.31. The van der Waals surface area contributed by atoms with Crippen LogP contribution in [0.15, 0.2) is 10.6 Å². The van der Waals surface area contributed by atoms with Crippen molar-refractivity contribution in [3.05, 3.63) is 9.81 Å². The molecule has 4 N–H and O–H groups in total. The first-order valence-electron chi connectivity index (χ1n) is 3.66. The predicted octanol–water partition coefficient (Wildman–Crippen LogP) is 0.331. The minimum Gasteiger partial charge on any atom is -0.289 e. The van der Waals surface area contributed by atoms with Gasteiger partial charge in [0.05, 0.1) is 10.6 Å². The maximum absolute atomic E-state index is 9.83. The Labute approximate surface area is 70.0 Å². The van der Waals surface area contributed by atoms with Gasteiger partial charge in [-0.3, -0.25) is 5.73 Å². The van der Waals surface area contributed by atoms with Crippen LogP contribution in [0.2, 0.25) is 0 Å². The highest BCUT2D eigenvalue weighted by Crippen LogP contribution is 2.04. The number of hydrogen-bond donors (Lipinski definition) is 3. The van der Waals surface area contributed by atoms with Crippen LogP contribution in [-0.4, -0.2) is 5.79 Å². The van der Waals surface area contributed by atoms with Crippen LogP contribution in [0.1, 0.15) is 26.2 Å². The average molecular weight is 175 g/mol. The molecule has 0 saturated heterocycles. The molecule has 0 aliphatic heterocycles. The Hall–Kier alpha value is -1.24. The van der Waals surface area contributed by atoms with Gasteiger partial charge in [0.2, 0.25) is 0 Å². The first kappa shape index (κ1) is 10.8. The molecule has 0 spiro atoms. The van der Waals surface area contributed by atoms with Crippen LogP contribution >= 0.6 is 0 Å². The smallest absolute Gasteiger partial charge is 0.197 e. The third-order valence-electron chi connectivity index (χ3n) is 1.41. The zero-order valence-corrected chi connectivity index (χ0v) is 6.91. The van der Waals surface area contributed by atoms with Gasteiger partial charge >= 0.3 is 0 Å². The summed E-state index contributed by atoms with van der Waals surface area (Å²) in [5.74, 6) is -1.31. The summed E-state index contributed by atoms with van der Waals surface area (Å²) in [4.78, 5) is 19.7. The summed E-state index contributed by atoms with van der Waals surface area (Å²) >= 11 is 0. The molecule has 0 heterocycles. The van der Waals surface area contributed by atoms with Gasteiger partial charge in [0.15, 0.2) is 5.79 Å². The van der Waals surface area contributed by atoms with Crippen LogP contribution in [0.25, 0.3) is 0 Å². The normalized spacial score (nSPS) is 10.5. The Bertz CT molecular complexity index is 141. The molecule has 0 fully saturated rings. The lowest BCUT2D eigenvalue weighted by atomic mass is 10.2. The number of hydrogen-bond acceptors (Lipinski definition) is 5. The molecule has 0 aliphatic rings. The van der Waals surface area contributed by atoms with Gasteiger partial charge in [-0.1, -0.05) is 13.3 Å². The van der Waals surface area contributed by atoms with Crippen LogP contribution in [0.4, 0.5) is 0 Å². The molecule has 70 valence electrons. The van der Waals surface area contributed by atoms with Crippen molar-refractivity contribution in [1.29, 1.82) is 0 Å². The third-order valence-corrected chi connectivity index (χ3v) is 1.41. The van der Waals surface area contributed by atoms with Gasteiger partial charge in [-0.05, 0) is 6.42 Å². The molecule has 7 nitrogen and oxygen atoms in total. The van der Waals surface area contributed by atoms with E-state index in [4.69, 9.17) is 5.73 Å². The van der Waals surface area contributed by atoms with Gasteiger partial charge in [0, 0.05) is 6.42 Å². The number of nitrogens with two attached hydrogens (primary N) is 1. The fourth-order valence-corrected chi connectivity index (χ4v) is 0.755. The molecule has 0 saturated carbocycles. The zero-order valence-electron chi connectivity index (χ0n) is 6.91. The summed E-state index contributed by atoms with van der Waals surface area (Å²) in [5, 5.41) is 4.79. The molecule has 0 amide bonds. The predicted molar refractivity (Wildman–Crippen MR) is 44.3 cm³/mol. The Morgan fingerprint density at radius 2 is 1.83 bits per heavy atom. The van der Waals surface area contributed by atoms with Crippen LogP contribution in [-0.2, 0) is 0 Å². The second kappa shape index (κ2) is 5.42. The lowest BCUT2D eigenvalue weighted by Crippen LogP contribution is -2.60. The summed E-state index contributed by atoms with van der Waals surface area (Å²) in [7, 11) is 0. The molecular formula is C5H13N5O2. The fraction of sp³-hybridized carbons (Fsp3) is 1.00. The van der Waals surface area contributed by atoms with Crippen molar-refractivity contribution in [2.75, 3.05) is 0 Å². The van der Waals surface area contributed by atoms with Crippen LogP contribution in [0.3, 0.4) is 0 Å². The number of nitroso groups, excluding NO2 is 2. The molecule has 0 aliphatic carbocycles. The standard InChI is InChI=1S/C5H13N5O2/c1-2-3-4-5(6,7-9-11)8-10-12/h2-4,6H2,1H3,(H,7,11)(H,8,12). The van der Waals surface area contributed by atoms with E-state index in [0.29, 0.717) is 6.42 Å². The fourth-order valence-electron chi connectivity index (χ4n) is 0.755. The monoisotopic (exact) mass is 175 g/mol. The van der Waals surface area contributed by atoms with Crippen LogP contribution in [0.5, 0.6) is 0 Å². The van der Waals surface area contributed by atoms with E-state index < -0.39 is 5.79 Å². The lowest BCUT2D eigenvalue weighted by Gasteiger charge is -2.24. The minimum absolute atomic E-state index is 0.404. The van der Waals surface area contributed by atoms with Gasteiger partial charge < -0.3 is 0 Å². The van der Waals surface area contributed by atoms with E-state index in [1.807, 2.05) is 17.8 Å². The largest absolute Gasteiger partial charge is 0.289 e. The van der Waals surface area contributed by atoms with E-state index in [2.05, 4.69) is 10.6 Å². The highest BCUT2D eigenvalue weighted by Gasteiger charge is 2.23. The lowest BCUT2D eigenvalue weighted by molar-refractivity contribution is 0.245. The Kier molecular flexibility index (Phi) is 4.86. The van der Waals surface area contributed by atoms with Gasteiger partial charge in [-0.25, -0.2) is 10.9 Å². The van der Waals surface area contributed by atoms with Gasteiger partial charge in [-0.2, -0.15) is 0 Å². The molecule has 0 radical (unpaired) electrons.